The predicted octanol–water partition coefficient (Wildman–Crippen LogP) is 4.01. The molecule has 2 aromatic rings. The maximum atomic E-state index is 13.4. The van der Waals surface area contributed by atoms with E-state index in [0.717, 1.165) is 12.1 Å². The van der Waals surface area contributed by atoms with E-state index in [1.54, 1.807) is 6.07 Å². The Morgan fingerprint density at radius 3 is 2.37 bits per heavy atom. The van der Waals surface area contributed by atoms with Crippen molar-refractivity contribution >= 4 is 17.9 Å². The van der Waals surface area contributed by atoms with Crippen molar-refractivity contribution in [3.05, 3.63) is 64.2 Å². The maximum Gasteiger partial charge on any atom is 0.153 e. The average molecular weight is 283 g/mol. The van der Waals surface area contributed by atoms with Gasteiger partial charge >= 0.3 is 0 Å². The summed E-state index contributed by atoms with van der Waals surface area (Å²) in [4.78, 5) is 10.8. The van der Waals surface area contributed by atoms with Crippen LogP contribution in [0.15, 0.2) is 36.4 Å². The number of carbonyl (C=O) groups excluding carboxylic acids is 1. The molecule has 0 atom stereocenters. The molecule has 0 N–H and O–H groups in total. The van der Waals surface area contributed by atoms with Gasteiger partial charge in [-0.2, -0.15) is 0 Å². The van der Waals surface area contributed by atoms with E-state index in [-0.39, 0.29) is 28.5 Å². The van der Waals surface area contributed by atoms with Gasteiger partial charge in [0.05, 0.1) is 16.1 Å². The lowest BCUT2D eigenvalue weighted by atomic mass is 10.2. The van der Waals surface area contributed by atoms with Gasteiger partial charge < -0.3 is 4.74 Å². The van der Waals surface area contributed by atoms with Crippen molar-refractivity contribution in [1.82, 2.24) is 0 Å². The second-order valence-corrected chi connectivity index (χ2v) is 4.17. The Kier molecular flexibility index (Phi) is 4.12. The minimum absolute atomic E-state index is 0.113. The molecule has 0 fully saturated rings. The second kappa shape index (κ2) is 5.80. The summed E-state index contributed by atoms with van der Waals surface area (Å²) in [5.41, 5.74) is 0.0171. The number of aldehydes is 1. The van der Waals surface area contributed by atoms with E-state index in [1.165, 1.54) is 18.2 Å². The quantitative estimate of drug-likeness (QED) is 0.792. The smallest absolute Gasteiger partial charge is 0.153 e. The van der Waals surface area contributed by atoms with Crippen LogP contribution in [-0.4, -0.2) is 6.29 Å². The fourth-order valence-electron chi connectivity index (χ4n) is 1.59. The van der Waals surface area contributed by atoms with Crippen molar-refractivity contribution in [3.8, 4) is 5.75 Å². The lowest BCUT2D eigenvalue weighted by Crippen LogP contribution is -2.03. The summed E-state index contributed by atoms with van der Waals surface area (Å²) in [6.45, 7) is -0.344. The Hall–Kier alpha value is -1.94. The van der Waals surface area contributed by atoms with Crippen LogP contribution in [0.2, 0.25) is 5.02 Å². The molecule has 0 saturated carbocycles. The first-order valence-electron chi connectivity index (χ1n) is 5.43. The molecule has 98 valence electrons. The molecule has 0 spiro atoms. The van der Waals surface area contributed by atoms with Crippen molar-refractivity contribution in [2.75, 3.05) is 0 Å². The number of benzene rings is 2. The standard InChI is InChI=1S/C14H9ClF2O2/c15-11-4-1-3-9(7-18)14(11)19-8-10-12(16)5-2-6-13(10)17/h1-7H,8H2. The molecule has 0 amide bonds. The summed E-state index contributed by atoms with van der Waals surface area (Å²) >= 11 is 5.88. The van der Waals surface area contributed by atoms with Gasteiger partial charge in [-0.3, -0.25) is 4.79 Å². The molecule has 2 rings (SSSR count). The number of ether oxygens (including phenoxy) is 1. The number of carbonyl (C=O) groups is 1. The van der Waals surface area contributed by atoms with Gasteiger partial charge in [-0.1, -0.05) is 23.7 Å². The molecule has 0 saturated heterocycles. The maximum absolute atomic E-state index is 13.4. The minimum atomic E-state index is -0.709. The van der Waals surface area contributed by atoms with Gasteiger partial charge in [0.1, 0.15) is 24.0 Å². The molecule has 0 aliphatic rings. The Morgan fingerprint density at radius 2 is 1.74 bits per heavy atom. The molecule has 0 aliphatic carbocycles. The Balaban J connectivity index is 2.26. The SMILES string of the molecule is O=Cc1cccc(Cl)c1OCc1c(F)cccc1F. The zero-order valence-electron chi connectivity index (χ0n) is 9.70. The molecular weight excluding hydrogens is 274 g/mol. The molecule has 0 heterocycles. The van der Waals surface area contributed by atoms with Crippen LogP contribution in [0.1, 0.15) is 15.9 Å². The molecule has 0 bridgehead atoms. The summed E-state index contributed by atoms with van der Waals surface area (Å²) in [6.07, 6.45) is 0.568. The number of halogens is 3. The van der Waals surface area contributed by atoms with Crippen LogP contribution in [0, 0.1) is 11.6 Å². The van der Waals surface area contributed by atoms with Gasteiger partial charge in [-0.25, -0.2) is 8.78 Å². The molecule has 5 heteroatoms. The fourth-order valence-corrected chi connectivity index (χ4v) is 1.82. The number of hydrogen-bond donors (Lipinski definition) is 0. The van der Waals surface area contributed by atoms with Gasteiger partial charge in [0, 0.05) is 0 Å². The number of hydrogen-bond acceptors (Lipinski definition) is 2. The first-order chi connectivity index (χ1) is 9.13. The van der Waals surface area contributed by atoms with Crippen LogP contribution in [0.5, 0.6) is 5.75 Å². The topological polar surface area (TPSA) is 26.3 Å². The van der Waals surface area contributed by atoms with Crippen LogP contribution in [0.3, 0.4) is 0 Å². The van der Waals surface area contributed by atoms with Crippen molar-refractivity contribution in [2.24, 2.45) is 0 Å². The lowest BCUT2D eigenvalue weighted by Gasteiger charge is -2.11. The summed E-state index contributed by atoms with van der Waals surface area (Å²) in [5, 5.41) is 0.210. The molecule has 2 aromatic carbocycles. The van der Waals surface area contributed by atoms with Gasteiger partial charge in [-0.15, -0.1) is 0 Å². The molecule has 0 aliphatic heterocycles. The van der Waals surface area contributed by atoms with Gasteiger partial charge in [0.25, 0.3) is 0 Å². The highest BCUT2D eigenvalue weighted by Crippen LogP contribution is 2.28. The van der Waals surface area contributed by atoms with Crippen molar-refractivity contribution in [1.29, 1.82) is 0 Å². The van der Waals surface area contributed by atoms with Crippen LogP contribution in [0.25, 0.3) is 0 Å². The Labute approximate surface area is 113 Å². The van der Waals surface area contributed by atoms with E-state index in [2.05, 4.69) is 0 Å². The molecule has 0 unspecified atom stereocenters. The Bertz CT molecular complexity index is 594. The second-order valence-electron chi connectivity index (χ2n) is 3.76. The molecule has 19 heavy (non-hydrogen) atoms. The summed E-state index contributed by atoms with van der Waals surface area (Å²) < 4.78 is 32.1. The highest BCUT2D eigenvalue weighted by molar-refractivity contribution is 6.32. The Morgan fingerprint density at radius 1 is 1.11 bits per heavy atom. The molecule has 2 nitrogen and oxygen atoms in total. The summed E-state index contributed by atoms with van der Waals surface area (Å²) in [5.74, 6) is -1.30. The van der Waals surface area contributed by atoms with Crippen molar-refractivity contribution in [2.45, 2.75) is 6.61 Å². The monoisotopic (exact) mass is 282 g/mol. The molecule has 0 aromatic heterocycles. The third kappa shape index (κ3) is 2.90. The largest absolute Gasteiger partial charge is 0.486 e. The van der Waals surface area contributed by atoms with Gasteiger partial charge in [0.15, 0.2) is 6.29 Å². The van der Waals surface area contributed by atoms with E-state index in [4.69, 9.17) is 16.3 Å². The average Bonchev–Trinajstić information content (AvgIpc) is 2.39. The fraction of sp³-hybridized carbons (Fsp3) is 0.0714. The minimum Gasteiger partial charge on any atom is -0.486 e. The molecule has 0 radical (unpaired) electrons. The first kappa shape index (κ1) is 13.5. The van der Waals surface area contributed by atoms with E-state index in [0.29, 0.717) is 6.29 Å². The normalized spacial score (nSPS) is 10.3. The van der Waals surface area contributed by atoms with Crippen molar-refractivity contribution in [3.63, 3.8) is 0 Å². The van der Waals surface area contributed by atoms with Crippen molar-refractivity contribution < 1.29 is 18.3 Å². The predicted molar refractivity (Wildman–Crippen MR) is 67.5 cm³/mol. The van der Waals surface area contributed by atoms with Gasteiger partial charge in [-0.05, 0) is 24.3 Å². The van der Waals surface area contributed by atoms with Crippen LogP contribution >= 0.6 is 11.6 Å². The van der Waals surface area contributed by atoms with Crippen LogP contribution in [0.4, 0.5) is 8.78 Å². The van der Waals surface area contributed by atoms with E-state index >= 15 is 0 Å². The number of rotatable bonds is 4. The lowest BCUT2D eigenvalue weighted by molar-refractivity contribution is 0.111. The van der Waals surface area contributed by atoms with E-state index in [1.807, 2.05) is 0 Å². The van der Waals surface area contributed by atoms with E-state index in [9.17, 15) is 13.6 Å². The van der Waals surface area contributed by atoms with Gasteiger partial charge in [0.2, 0.25) is 0 Å². The summed E-state index contributed by atoms with van der Waals surface area (Å²) in [7, 11) is 0. The van der Waals surface area contributed by atoms with Crippen LogP contribution < -0.4 is 4.74 Å². The zero-order chi connectivity index (χ0) is 13.8. The summed E-state index contributed by atoms with van der Waals surface area (Å²) in [6, 6.07) is 8.15. The van der Waals surface area contributed by atoms with E-state index < -0.39 is 11.6 Å². The number of para-hydroxylation sites is 1. The third-order valence-electron chi connectivity index (χ3n) is 2.55. The third-order valence-corrected chi connectivity index (χ3v) is 2.84. The molecular formula is C14H9ClF2O2. The van der Waals surface area contributed by atoms with Crippen LogP contribution in [-0.2, 0) is 6.61 Å². The zero-order valence-corrected chi connectivity index (χ0v) is 10.5. The highest BCUT2D eigenvalue weighted by Gasteiger charge is 2.12. The highest BCUT2D eigenvalue weighted by atomic mass is 35.5. The first-order valence-corrected chi connectivity index (χ1v) is 5.80.